The fourth-order valence-electron chi connectivity index (χ4n) is 16.4. The summed E-state index contributed by atoms with van der Waals surface area (Å²) in [4.78, 5) is 5.25. The van der Waals surface area contributed by atoms with Crippen LogP contribution in [-0.2, 0) is 0 Å². The van der Waals surface area contributed by atoms with Gasteiger partial charge in [-0.15, -0.1) is 0 Å². The van der Waals surface area contributed by atoms with Gasteiger partial charge in [0.25, 0.3) is 6.71 Å². The molecule has 0 spiro atoms. The van der Waals surface area contributed by atoms with E-state index in [1.807, 2.05) is 0 Å². The van der Waals surface area contributed by atoms with Gasteiger partial charge >= 0.3 is 0 Å². The average Bonchev–Trinajstić information content (AvgIpc) is 0.851. The van der Waals surface area contributed by atoms with Crippen molar-refractivity contribution in [2.75, 3.05) is 9.80 Å². The van der Waals surface area contributed by atoms with Crippen molar-refractivity contribution in [2.24, 2.45) is 0 Å². The van der Waals surface area contributed by atoms with Crippen molar-refractivity contribution in [2.45, 2.75) is 0 Å². The lowest BCUT2D eigenvalue weighted by atomic mass is 9.33. The number of para-hydroxylation sites is 3. The Morgan fingerprint density at radius 1 is 0.229 bits per heavy atom. The summed E-state index contributed by atoms with van der Waals surface area (Å²) >= 11 is 0. The van der Waals surface area contributed by atoms with Crippen LogP contribution in [0.1, 0.15) is 0 Å². The normalized spacial score (nSPS) is 12.5. The van der Waals surface area contributed by atoms with Crippen LogP contribution in [0.15, 0.2) is 388 Å². The molecule has 0 bridgehead atoms. The molecule has 3 nitrogen and oxygen atoms in total. The van der Waals surface area contributed by atoms with Gasteiger partial charge < -0.3 is 14.4 Å². The summed E-state index contributed by atoms with van der Waals surface area (Å²) in [5.74, 6) is 0. The highest BCUT2D eigenvalue weighted by molar-refractivity contribution is 7.20. The molecule has 15 aromatic carbocycles. The second-order valence-electron chi connectivity index (χ2n) is 25.4. The molecule has 0 amide bonds. The molecule has 0 saturated heterocycles. The molecule has 1 aromatic heterocycles. The lowest BCUT2D eigenvalue weighted by Gasteiger charge is -2.45. The van der Waals surface area contributed by atoms with E-state index in [1.54, 1.807) is 0 Å². The molecule has 0 fully saturated rings. The van der Waals surface area contributed by atoms with E-state index in [9.17, 15) is 0 Å². The Kier molecular flexibility index (Phi) is 14.0. The first-order chi connectivity index (χ1) is 47.7. The molecule has 2 aliphatic rings. The van der Waals surface area contributed by atoms with Crippen molar-refractivity contribution in [3.63, 3.8) is 0 Å². The fourth-order valence-corrected chi connectivity index (χ4v) is 25.9. The van der Waals surface area contributed by atoms with E-state index in [4.69, 9.17) is 0 Å². The molecule has 0 atom stereocenters. The molecule has 3 heterocycles. The maximum Gasteiger partial charge on any atom is 0.252 e. The van der Waals surface area contributed by atoms with Crippen LogP contribution in [0.2, 0.25) is 0 Å². The summed E-state index contributed by atoms with van der Waals surface area (Å²) in [6.07, 6.45) is 0. The van der Waals surface area contributed by atoms with Crippen LogP contribution in [0, 0.1) is 0 Å². The molecular formula is C90H64BN3Si2. The van der Waals surface area contributed by atoms with Crippen molar-refractivity contribution in [3.05, 3.63) is 388 Å². The zero-order chi connectivity index (χ0) is 63.6. The van der Waals surface area contributed by atoms with E-state index < -0.39 is 16.1 Å². The van der Waals surface area contributed by atoms with Crippen molar-refractivity contribution in [1.82, 2.24) is 4.57 Å². The smallest absolute Gasteiger partial charge is 0.252 e. The van der Waals surface area contributed by atoms with Gasteiger partial charge in [-0.2, -0.15) is 0 Å². The van der Waals surface area contributed by atoms with E-state index in [0.717, 1.165) is 45.2 Å². The Hall–Kier alpha value is -11.8. The molecule has 2 aliphatic heterocycles. The number of anilines is 6. The Bertz CT molecular complexity index is 5260. The highest BCUT2D eigenvalue weighted by Gasteiger charge is 2.47. The van der Waals surface area contributed by atoms with Gasteiger partial charge in [-0.25, -0.2) is 0 Å². The first kappa shape index (κ1) is 56.9. The third kappa shape index (κ3) is 9.01. The van der Waals surface area contributed by atoms with Crippen LogP contribution >= 0.6 is 0 Å². The fraction of sp³-hybridized carbons (Fsp3) is 0. The summed E-state index contributed by atoms with van der Waals surface area (Å²) in [7, 11) is -5.81. The molecule has 18 rings (SSSR count). The summed E-state index contributed by atoms with van der Waals surface area (Å²) in [5.41, 5.74) is 18.6. The molecule has 16 aromatic rings. The second-order valence-corrected chi connectivity index (χ2v) is 33.0. The minimum atomic E-state index is -2.91. The maximum atomic E-state index is 2.63. The van der Waals surface area contributed by atoms with Gasteiger partial charge in [0.05, 0.1) is 16.7 Å². The van der Waals surface area contributed by atoms with Crippen molar-refractivity contribution in [1.29, 1.82) is 0 Å². The minimum absolute atomic E-state index is 0.157. The van der Waals surface area contributed by atoms with E-state index in [-0.39, 0.29) is 6.71 Å². The van der Waals surface area contributed by atoms with Crippen molar-refractivity contribution >= 4 is 137 Å². The molecular weight excluding hydrogens is 1190 g/mol. The lowest BCUT2D eigenvalue weighted by Crippen LogP contribution is -2.74. The van der Waals surface area contributed by atoms with Crippen molar-refractivity contribution in [3.8, 4) is 27.9 Å². The summed E-state index contributed by atoms with van der Waals surface area (Å²) in [6, 6.07) is 146. The molecule has 96 heavy (non-hydrogen) atoms. The van der Waals surface area contributed by atoms with Crippen LogP contribution in [0.4, 0.5) is 34.1 Å². The van der Waals surface area contributed by atoms with Gasteiger partial charge in [-0.05, 0) is 129 Å². The number of nitrogens with zero attached hydrogens (tertiary/aromatic N) is 3. The first-order valence-electron chi connectivity index (χ1n) is 33.3. The molecule has 450 valence electrons. The van der Waals surface area contributed by atoms with Gasteiger partial charge in [-0.3, -0.25) is 0 Å². The topological polar surface area (TPSA) is 11.4 Å². The SMILES string of the molecule is c1ccc(-c2ccc3c(c2)N(c2ccc([Si](c4ccccc4)(c4ccccc4)c4ccccc4)cc2)c2cc(-n4c5ccccc5c5ccccc54)cc4c2B3c2cccc(-c3ccccc3)c2N4c2ccc([Si](c3ccccc3)(c3ccccc3)c3ccccc3)cc2)cc1. The van der Waals surface area contributed by atoms with Gasteiger partial charge in [0.2, 0.25) is 0 Å². The monoisotopic (exact) mass is 1250 g/mol. The second kappa shape index (κ2) is 23.6. The molecule has 0 saturated carbocycles. The van der Waals surface area contributed by atoms with Crippen LogP contribution < -0.4 is 67.7 Å². The van der Waals surface area contributed by atoms with Gasteiger partial charge in [0.15, 0.2) is 16.1 Å². The predicted octanol–water partition coefficient (Wildman–Crippen LogP) is 15.0. The third-order valence-electron chi connectivity index (χ3n) is 20.5. The van der Waals surface area contributed by atoms with Gasteiger partial charge in [0.1, 0.15) is 0 Å². The zero-order valence-corrected chi connectivity index (χ0v) is 54.9. The van der Waals surface area contributed by atoms with Gasteiger partial charge in [-0.1, -0.05) is 334 Å². The summed E-state index contributed by atoms with van der Waals surface area (Å²) < 4.78 is 2.52. The van der Waals surface area contributed by atoms with E-state index >= 15 is 0 Å². The van der Waals surface area contributed by atoms with Crippen LogP contribution in [0.5, 0.6) is 0 Å². The van der Waals surface area contributed by atoms with Gasteiger partial charge in [0, 0.05) is 50.5 Å². The van der Waals surface area contributed by atoms with E-state index in [0.29, 0.717) is 0 Å². The number of benzene rings is 15. The highest BCUT2D eigenvalue weighted by atomic mass is 28.3. The van der Waals surface area contributed by atoms with E-state index in [2.05, 4.69) is 403 Å². The molecule has 0 unspecified atom stereocenters. The Morgan fingerprint density at radius 3 is 1.03 bits per heavy atom. The number of hydrogen-bond donors (Lipinski definition) is 0. The minimum Gasteiger partial charge on any atom is -0.311 e. The van der Waals surface area contributed by atoms with Crippen LogP contribution in [0.25, 0.3) is 49.7 Å². The Balaban J connectivity index is 0.938. The lowest BCUT2D eigenvalue weighted by molar-refractivity contribution is 1.16. The molecule has 0 radical (unpaired) electrons. The zero-order valence-electron chi connectivity index (χ0n) is 52.9. The third-order valence-corrected chi connectivity index (χ3v) is 30.1. The number of fused-ring (bicyclic) bond motifs is 7. The van der Waals surface area contributed by atoms with Crippen molar-refractivity contribution < 1.29 is 0 Å². The van der Waals surface area contributed by atoms with E-state index in [1.165, 1.54) is 96.6 Å². The highest BCUT2D eigenvalue weighted by Crippen LogP contribution is 2.49. The molecule has 0 N–H and O–H groups in total. The van der Waals surface area contributed by atoms with Crippen LogP contribution in [-0.4, -0.2) is 27.4 Å². The maximum absolute atomic E-state index is 2.91. The Morgan fingerprint density at radius 2 is 0.594 bits per heavy atom. The predicted molar refractivity (Wildman–Crippen MR) is 413 cm³/mol. The van der Waals surface area contributed by atoms with Crippen LogP contribution in [0.3, 0.4) is 0 Å². The Labute approximate surface area is 563 Å². The average molecular weight is 1250 g/mol. The molecule has 6 heteroatoms. The number of aromatic nitrogens is 1. The summed E-state index contributed by atoms with van der Waals surface area (Å²) in [6.45, 7) is -0.157. The summed E-state index contributed by atoms with van der Waals surface area (Å²) in [5, 5.41) is 13.1. The molecule has 0 aliphatic carbocycles. The quantitative estimate of drug-likeness (QED) is 0.0842. The largest absolute Gasteiger partial charge is 0.311 e. The number of hydrogen-bond acceptors (Lipinski definition) is 2. The standard InChI is InChI=1S/C90H64BN3Si2/c1-9-30-65(31-10-1)67-52-61-82-86(62-67)92(68-53-57-77(58-54-68)95(71-34-13-3-14-35-71,72-36-15-4-16-37-72)73-38-17-5-18-39-73)87-63-70(93-84-50-27-25-46-80(84)81-47-26-28-51-85(81)93)64-88-89(87)91(82)83-49-29-48-79(66-32-11-2-12-33-66)90(83)94(88)69-55-59-78(60-56-69)96(74-40-19-6-20-41-74,75-42-21-7-22-43-75)76-44-23-8-24-45-76/h1-64H. The number of rotatable bonds is 13. The first-order valence-corrected chi connectivity index (χ1v) is 37.3.